The Balaban J connectivity index is 2.66. The molecule has 1 rings (SSSR count). The van der Waals surface area contributed by atoms with Crippen molar-refractivity contribution in [3.05, 3.63) is 0 Å². The number of carboxylic acids is 2. The monoisotopic (exact) mass is 389 g/mol. The maximum absolute atomic E-state index is 11.8. The SMILES string of the molecule is NCCOC(=O)CN1CCNCCN(CC(=O)O)CCN(CC(=O)O)CC1. The molecule has 0 aromatic carbocycles. The minimum Gasteiger partial charge on any atom is -0.480 e. The summed E-state index contributed by atoms with van der Waals surface area (Å²) in [6.45, 7) is 4.58. The number of hydrogen-bond acceptors (Lipinski definition) is 9. The van der Waals surface area contributed by atoms with E-state index in [4.69, 9.17) is 20.7 Å². The van der Waals surface area contributed by atoms with Gasteiger partial charge < -0.3 is 26.0 Å². The lowest BCUT2D eigenvalue weighted by Gasteiger charge is -2.30. The van der Waals surface area contributed by atoms with Crippen molar-refractivity contribution in [2.45, 2.75) is 0 Å². The van der Waals surface area contributed by atoms with Crippen molar-refractivity contribution in [2.24, 2.45) is 5.73 Å². The van der Waals surface area contributed by atoms with Crippen LogP contribution in [0, 0.1) is 0 Å². The Labute approximate surface area is 159 Å². The summed E-state index contributed by atoms with van der Waals surface area (Å²) in [5.74, 6) is -2.21. The highest BCUT2D eigenvalue weighted by Gasteiger charge is 2.18. The number of carbonyl (C=O) groups is 3. The van der Waals surface area contributed by atoms with Crippen molar-refractivity contribution in [3.63, 3.8) is 0 Å². The standard InChI is InChI=1S/C16H31N5O6/c17-1-10-27-16(26)13-20-5-3-18-2-4-19(11-14(22)23)6-8-21(9-7-20)12-15(24)25/h18H,1-13,17H2,(H,22,23)(H,24,25). The normalized spacial score (nSPS) is 19.0. The van der Waals surface area contributed by atoms with Crippen molar-refractivity contribution < 1.29 is 29.3 Å². The van der Waals surface area contributed by atoms with Gasteiger partial charge in [-0.3, -0.25) is 29.1 Å². The first-order valence-corrected chi connectivity index (χ1v) is 9.07. The molecule has 0 spiro atoms. The third-order valence-electron chi connectivity index (χ3n) is 4.13. The number of ether oxygens (including phenoxy) is 1. The predicted octanol–water partition coefficient (Wildman–Crippen LogP) is -2.83. The zero-order valence-corrected chi connectivity index (χ0v) is 15.6. The highest BCUT2D eigenvalue weighted by atomic mass is 16.5. The van der Waals surface area contributed by atoms with E-state index in [1.54, 1.807) is 9.80 Å². The molecule has 0 radical (unpaired) electrons. The molecule has 0 amide bonds. The fourth-order valence-corrected chi connectivity index (χ4v) is 2.76. The molecule has 1 fully saturated rings. The van der Waals surface area contributed by atoms with Crippen LogP contribution >= 0.6 is 0 Å². The average molecular weight is 389 g/mol. The van der Waals surface area contributed by atoms with Gasteiger partial charge in [-0.2, -0.15) is 0 Å². The lowest BCUT2D eigenvalue weighted by Crippen LogP contribution is -2.47. The van der Waals surface area contributed by atoms with E-state index in [0.29, 0.717) is 52.4 Å². The van der Waals surface area contributed by atoms with Crippen LogP contribution in [0.15, 0.2) is 0 Å². The second-order valence-corrected chi connectivity index (χ2v) is 6.38. The Bertz CT molecular complexity index is 478. The van der Waals surface area contributed by atoms with Crippen molar-refractivity contribution in [3.8, 4) is 0 Å². The summed E-state index contributed by atoms with van der Waals surface area (Å²) in [5.41, 5.74) is 5.33. The first-order valence-electron chi connectivity index (χ1n) is 9.07. The molecule has 0 bridgehead atoms. The summed E-state index contributed by atoms with van der Waals surface area (Å²) < 4.78 is 5.01. The van der Waals surface area contributed by atoms with Crippen LogP contribution < -0.4 is 11.1 Å². The van der Waals surface area contributed by atoms with Crippen LogP contribution in [-0.4, -0.2) is 128 Å². The molecule has 0 aromatic heterocycles. The minimum atomic E-state index is -0.942. The van der Waals surface area contributed by atoms with Crippen molar-refractivity contribution in [1.82, 2.24) is 20.0 Å². The third-order valence-corrected chi connectivity index (χ3v) is 4.13. The molecule has 0 aromatic rings. The minimum absolute atomic E-state index is 0.0816. The van der Waals surface area contributed by atoms with E-state index in [9.17, 15) is 14.4 Å². The molecular weight excluding hydrogens is 358 g/mol. The van der Waals surface area contributed by atoms with Gasteiger partial charge in [0.05, 0.1) is 19.6 Å². The van der Waals surface area contributed by atoms with Crippen LogP contribution in [0.5, 0.6) is 0 Å². The van der Waals surface area contributed by atoms with E-state index in [-0.39, 0.29) is 38.8 Å². The molecule has 1 heterocycles. The van der Waals surface area contributed by atoms with Crippen LogP contribution in [0.4, 0.5) is 0 Å². The van der Waals surface area contributed by atoms with E-state index in [1.807, 2.05) is 4.90 Å². The second kappa shape index (κ2) is 13.4. The molecule has 0 unspecified atom stereocenters. The quantitative estimate of drug-likeness (QED) is 0.318. The van der Waals surface area contributed by atoms with E-state index in [1.165, 1.54) is 0 Å². The number of nitrogens with zero attached hydrogens (tertiary/aromatic N) is 3. The summed E-state index contributed by atoms with van der Waals surface area (Å²) in [6.07, 6.45) is 0. The van der Waals surface area contributed by atoms with E-state index < -0.39 is 11.9 Å². The first-order chi connectivity index (χ1) is 12.9. The molecular formula is C16H31N5O6. The van der Waals surface area contributed by atoms with E-state index >= 15 is 0 Å². The highest BCUT2D eigenvalue weighted by molar-refractivity contribution is 5.71. The molecule has 0 aliphatic carbocycles. The number of hydrogen-bond donors (Lipinski definition) is 4. The van der Waals surface area contributed by atoms with Crippen molar-refractivity contribution in [2.75, 3.05) is 85.1 Å². The molecule has 1 aliphatic rings. The molecule has 0 atom stereocenters. The maximum Gasteiger partial charge on any atom is 0.320 e. The van der Waals surface area contributed by atoms with E-state index in [2.05, 4.69) is 5.32 Å². The maximum atomic E-state index is 11.8. The lowest BCUT2D eigenvalue weighted by atomic mass is 10.3. The highest BCUT2D eigenvalue weighted by Crippen LogP contribution is 1.98. The van der Waals surface area contributed by atoms with Crippen molar-refractivity contribution in [1.29, 1.82) is 0 Å². The molecule has 11 nitrogen and oxygen atoms in total. The largest absolute Gasteiger partial charge is 0.480 e. The van der Waals surface area contributed by atoms with Crippen LogP contribution in [0.2, 0.25) is 0 Å². The Morgan fingerprint density at radius 2 is 1.26 bits per heavy atom. The van der Waals surface area contributed by atoms with Gasteiger partial charge in [-0.15, -0.1) is 0 Å². The Morgan fingerprint density at radius 1 is 0.815 bits per heavy atom. The van der Waals surface area contributed by atoms with Gasteiger partial charge in [-0.25, -0.2) is 0 Å². The van der Waals surface area contributed by atoms with Gasteiger partial charge in [0.1, 0.15) is 6.61 Å². The van der Waals surface area contributed by atoms with Crippen LogP contribution in [0.1, 0.15) is 0 Å². The van der Waals surface area contributed by atoms with Gasteiger partial charge in [-0.05, 0) is 0 Å². The van der Waals surface area contributed by atoms with Gasteiger partial charge in [0.25, 0.3) is 0 Å². The molecule has 156 valence electrons. The lowest BCUT2D eigenvalue weighted by molar-refractivity contribution is -0.145. The number of carbonyl (C=O) groups excluding carboxylic acids is 1. The second-order valence-electron chi connectivity index (χ2n) is 6.38. The fourth-order valence-electron chi connectivity index (χ4n) is 2.76. The topological polar surface area (TPSA) is 149 Å². The average Bonchev–Trinajstić information content (AvgIpc) is 2.58. The molecule has 0 saturated carbocycles. The Hall–Kier alpha value is -1.79. The Morgan fingerprint density at radius 3 is 1.70 bits per heavy atom. The number of esters is 1. The number of rotatable bonds is 8. The number of aliphatic carboxylic acids is 2. The zero-order valence-electron chi connectivity index (χ0n) is 15.6. The van der Waals surface area contributed by atoms with Gasteiger partial charge in [0, 0.05) is 58.9 Å². The summed E-state index contributed by atoms with van der Waals surface area (Å²) in [7, 11) is 0. The molecule has 11 heteroatoms. The number of nitrogens with two attached hydrogens (primary N) is 1. The third kappa shape index (κ3) is 11.5. The van der Waals surface area contributed by atoms with Crippen molar-refractivity contribution >= 4 is 17.9 Å². The summed E-state index contributed by atoms with van der Waals surface area (Å²) in [5, 5.41) is 21.4. The van der Waals surface area contributed by atoms with Gasteiger partial charge in [-0.1, -0.05) is 0 Å². The molecule has 1 saturated heterocycles. The molecule has 5 N–H and O–H groups in total. The van der Waals surface area contributed by atoms with E-state index in [0.717, 1.165) is 0 Å². The summed E-state index contributed by atoms with van der Waals surface area (Å²) >= 11 is 0. The van der Waals surface area contributed by atoms with Crippen LogP contribution in [-0.2, 0) is 19.1 Å². The van der Waals surface area contributed by atoms with Gasteiger partial charge in [0.15, 0.2) is 0 Å². The van der Waals surface area contributed by atoms with Crippen LogP contribution in [0.25, 0.3) is 0 Å². The molecule has 1 aliphatic heterocycles. The fraction of sp³-hybridized carbons (Fsp3) is 0.812. The number of carboxylic acid groups (broad SMARTS) is 2. The Kier molecular flexibility index (Phi) is 11.5. The number of nitrogens with one attached hydrogen (secondary N) is 1. The smallest absolute Gasteiger partial charge is 0.320 e. The predicted molar refractivity (Wildman–Crippen MR) is 97.5 cm³/mol. The van der Waals surface area contributed by atoms with Gasteiger partial charge in [0.2, 0.25) is 0 Å². The summed E-state index contributed by atoms with van der Waals surface area (Å²) in [6, 6.07) is 0. The summed E-state index contributed by atoms with van der Waals surface area (Å²) in [4.78, 5) is 39.4. The van der Waals surface area contributed by atoms with Gasteiger partial charge >= 0.3 is 17.9 Å². The molecule has 27 heavy (non-hydrogen) atoms. The first kappa shape index (κ1) is 23.2. The van der Waals surface area contributed by atoms with Crippen LogP contribution in [0.3, 0.4) is 0 Å². The zero-order chi connectivity index (χ0) is 20.1.